The Hall–Kier alpha value is -1.13. The van der Waals surface area contributed by atoms with E-state index in [0.717, 1.165) is 40.7 Å². The van der Waals surface area contributed by atoms with Gasteiger partial charge in [0.15, 0.2) is 0 Å². The largest absolute Gasteiger partial charge is 0.440 e. The number of rotatable bonds is 3. The Morgan fingerprint density at radius 2 is 2.14 bits per heavy atom. The number of hydrogen-bond donors (Lipinski definition) is 0. The summed E-state index contributed by atoms with van der Waals surface area (Å²) >= 11 is 1.69. The molecule has 1 aliphatic heterocycles. The first-order valence-corrected chi connectivity index (χ1v) is 9.43. The minimum absolute atomic E-state index is 0.781. The lowest BCUT2D eigenvalue weighted by atomic mass is 9.78. The number of piperidine rings is 1. The third kappa shape index (κ3) is 2.74. The van der Waals surface area contributed by atoms with Crippen LogP contribution in [0.4, 0.5) is 0 Å². The first-order chi connectivity index (χ1) is 10.8. The van der Waals surface area contributed by atoms with E-state index in [1.807, 2.05) is 0 Å². The van der Waals surface area contributed by atoms with Gasteiger partial charge in [-0.3, -0.25) is 4.90 Å². The summed E-state index contributed by atoms with van der Waals surface area (Å²) in [5.74, 6) is 2.70. The molecule has 1 saturated heterocycles. The Morgan fingerprint density at radius 1 is 1.27 bits per heavy atom. The number of fused-ring (bicyclic) bond motifs is 1. The van der Waals surface area contributed by atoms with Gasteiger partial charge in [-0.2, -0.15) is 0 Å². The van der Waals surface area contributed by atoms with Crippen LogP contribution >= 0.6 is 11.3 Å². The second-order valence-corrected chi connectivity index (χ2v) is 7.67. The smallest absolute Gasteiger partial charge is 0.236 e. The SMILES string of the molecule is Cc1oc(-c2cccs2)nc1CN1CCCC2CCCCC21. The number of thiophene rings is 1. The average Bonchev–Trinajstić information content (AvgIpc) is 3.18. The van der Waals surface area contributed by atoms with Gasteiger partial charge >= 0.3 is 0 Å². The van der Waals surface area contributed by atoms with E-state index in [4.69, 9.17) is 9.40 Å². The summed E-state index contributed by atoms with van der Waals surface area (Å²) < 4.78 is 5.91. The van der Waals surface area contributed by atoms with Crippen LogP contribution in [0.15, 0.2) is 21.9 Å². The van der Waals surface area contributed by atoms with E-state index < -0.39 is 0 Å². The molecule has 4 heteroatoms. The van der Waals surface area contributed by atoms with Gasteiger partial charge in [0.25, 0.3) is 0 Å². The quantitative estimate of drug-likeness (QED) is 0.809. The van der Waals surface area contributed by atoms with Gasteiger partial charge in [-0.05, 0) is 56.5 Å². The molecule has 1 saturated carbocycles. The third-order valence-corrected chi connectivity index (χ3v) is 6.19. The molecule has 2 atom stereocenters. The number of aryl methyl sites for hydroxylation is 1. The third-order valence-electron chi connectivity index (χ3n) is 5.34. The molecule has 2 unspecified atom stereocenters. The van der Waals surface area contributed by atoms with Crippen molar-refractivity contribution >= 4 is 11.3 Å². The second-order valence-electron chi connectivity index (χ2n) is 6.72. The van der Waals surface area contributed by atoms with Crippen LogP contribution in [0.25, 0.3) is 10.8 Å². The number of aromatic nitrogens is 1. The van der Waals surface area contributed by atoms with Gasteiger partial charge < -0.3 is 4.42 Å². The zero-order chi connectivity index (χ0) is 14.9. The molecule has 0 radical (unpaired) electrons. The molecule has 2 aliphatic rings. The molecule has 0 spiro atoms. The molecule has 0 bridgehead atoms. The average molecular weight is 316 g/mol. The highest BCUT2D eigenvalue weighted by Crippen LogP contribution is 2.36. The van der Waals surface area contributed by atoms with Gasteiger partial charge in [-0.1, -0.05) is 18.9 Å². The number of likely N-dealkylation sites (tertiary alicyclic amines) is 1. The Kier molecular flexibility index (Phi) is 4.05. The fourth-order valence-electron chi connectivity index (χ4n) is 4.20. The van der Waals surface area contributed by atoms with E-state index in [1.165, 1.54) is 45.1 Å². The molecule has 22 heavy (non-hydrogen) atoms. The Bertz CT molecular complexity index is 617. The molecule has 118 valence electrons. The standard InChI is InChI=1S/C18H24N2OS/c1-13-15(19-18(21-13)17-9-5-11-22-17)12-20-10-4-7-14-6-2-3-8-16(14)20/h5,9,11,14,16H,2-4,6-8,10,12H2,1H3. The van der Waals surface area contributed by atoms with E-state index in [2.05, 4.69) is 29.3 Å². The van der Waals surface area contributed by atoms with Gasteiger partial charge in [0.1, 0.15) is 5.76 Å². The zero-order valence-corrected chi connectivity index (χ0v) is 14.1. The molecule has 1 aliphatic carbocycles. The summed E-state index contributed by atoms with van der Waals surface area (Å²) in [7, 11) is 0. The highest BCUT2D eigenvalue weighted by atomic mass is 32.1. The van der Waals surface area contributed by atoms with E-state index in [1.54, 1.807) is 11.3 Å². The zero-order valence-electron chi connectivity index (χ0n) is 13.3. The molecule has 2 fully saturated rings. The number of hydrogen-bond acceptors (Lipinski definition) is 4. The van der Waals surface area contributed by atoms with Crippen LogP contribution in [0.2, 0.25) is 0 Å². The molecular formula is C18H24N2OS. The monoisotopic (exact) mass is 316 g/mol. The summed E-state index contributed by atoms with van der Waals surface area (Å²) in [6.07, 6.45) is 8.41. The predicted octanol–water partition coefficient (Wildman–Crippen LogP) is 4.87. The van der Waals surface area contributed by atoms with Crippen LogP contribution in [-0.2, 0) is 6.54 Å². The van der Waals surface area contributed by atoms with Gasteiger partial charge in [-0.15, -0.1) is 11.3 Å². The maximum atomic E-state index is 5.91. The predicted molar refractivity (Wildman–Crippen MR) is 89.9 cm³/mol. The van der Waals surface area contributed by atoms with Gasteiger partial charge in [-0.25, -0.2) is 4.98 Å². The Labute approximate surface area is 136 Å². The molecular weight excluding hydrogens is 292 g/mol. The van der Waals surface area contributed by atoms with Crippen molar-refractivity contribution in [2.75, 3.05) is 6.54 Å². The number of oxazole rings is 1. The van der Waals surface area contributed by atoms with Crippen LogP contribution in [0, 0.1) is 12.8 Å². The van der Waals surface area contributed by atoms with Crippen molar-refractivity contribution < 1.29 is 4.42 Å². The molecule has 2 aromatic heterocycles. The Balaban J connectivity index is 1.53. The lowest BCUT2D eigenvalue weighted by Gasteiger charge is -2.44. The van der Waals surface area contributed by atoms with Crippen LogP contribution < -0.4 is 0 Å². The van der Waals surface area contributed by atoms with E-state index in [-0.39, 0.29) is 0 Å². The highest BCUT2D eigenvalue weighted by molar-refractivity contribution is 7.13. The van der Waals surface area contributed by atoms with Crippen molar-refractivity contribution in [3.8, 4) is 10.8 Å². The van der Waals surface area contributed by atoms with Crippen molar-refractivity contribution in [2.45, 2.75) is 58.0 Å². The summed E-state index contributed by atoms with van der Waals surface area (Å²) in [4.78, 5) is 8.59. The van der Waals surface area contributed by atoms with E-state index in [9.17, 15) is 0 Å². The van der Waals surface area contributed by atoms with Crippen molar-refractivity contribution in [3.63, 3.8) is 0 Å². The van der Waals surface area contributed by atoms with Crippen molar-refractivity contribution in [1.29, 1.82) is 0 Å². The summed E-state index contributed by atoms with van der Waals surface area (Å²) in [5.41, 5.74) is 1.13. The fourth-order valence-corrected chi connectivity index (χ4v) is 4.85. The van der Waals surface area contributed by atoms with Crippen LogP contribution in [0.3, 0.4) is 0 Å². The van der Waals surface area contributed by atoms with Crippen molar-refractivity contribution in [3.05, 3.63) is 29.0 Å². The van der Waals surface area contributed by atoms with E-state index >= 15 is 0 Å². The number of nitrogens with zero attached hydrogens (tertiary/aromatic N) is 2. The first-order valence-electron chi connectivity index (χ1n) is 8.55. The Morgan fingerprint density at radius 3 is 3.00 bits per heavy atom. The van der Waals surface area contributed by atoms with Crippen LogP contribution in [0.5, 0.6) is 0 Å². The summed E-state index contributed by atoms with van der Waals surface area (Å²) in [6, 6.07) is 4.91. The molecule has 3 nitrogen and oxygen atoms in total. The molecule has 0 N–H and O–H groups in total. The molecule has 2 aromatic rings. The molecule has 4 rings (SSSR count). The van der Waals surface area contributed by atoms with Gasteiger partial charge in [0.05, 0.1) is 10.6 Å². The molecule has 0 aromatic carbocycles. The van der Waals surface area contributed by atoms with E-state index in [0.29, 0.717) is 0 Å². The van der Waals surface area contributed by atoms with Crippen molar-refractivity contribution in [2.24, 2.45) is 5.92 Å². The first kappa shape index (κ1) is 14.5. The highest BCUT2D eigenvalue weighted by Gasteiger charge is 2.33. The minimum atomic E-state index is 0.781. The van der Waals surface area contributed by atoms with Gasteiger partial charge in [0, 0.05) is 12.6 Å². The second kappa shape index (κ2) is 6.17. The maximum Gasteiger partial charge on any atom is 0.236 e. The minimum Gasteiger partial charge on any atom is -0.440 e. The van der Waals surface area contributed by atoms with Gasteiger partial charge in [0.2, 0.25) is 5.89 Å². The molecule has 0 amide bonds. The topological polar surface area (TPSA) is 29.3 Å². The normalized spacial score (nSPS) is 26.0. The summed E-state index contributed by atoms with van der Waals surface area (Å²) in [5, 5.41) is 2.08. The molecule has 3 heterocycles. The lowest BCUT2D eigenvalue weighted by Crippen LogP contribution is -2.46. The van der Waals surface area contributed by atoms with Crippen molar-refractivity contribution in [1.82, 2.24) is 9.88 Å². The maximum absolute atomic E-state index is 5.91. The lowest BCUT2D eigenvalue weighted by molar-refractivity contribution is 0.0535. The van der Waals surface area contributed by atoms with Crippen LogP contribution in [0.1, 0.15) is 50.0 Å². The summed E-state index contributed by atoms with van der Waals surface area (Å²) in [6.45, 7) is 4.24. The van der Waals surface area contributed by atoms with Crippen LogP contribution in [-0.4, -0.2) is 22.5 Å². The fraction of sp³-hybridized carbons (Fsp3) is 0.611.